The maximum absolute atomic E-state index is 13.3. The molecule has 0 atom stereocenters. The minimum atomic E-state index is -0.295. The van der Waals surface area contributed by atoms with E-state index in [9.17, 15) is 4.39 Å². The lowest BCUT2D eigenvalue weighted by atomic mass is 10.2. The fraction of sp³-hybridized carbons (Fsp3) is 0.190. The zero-order chi connectivity index (χ0) is 19.6. The number of fused-ring (bicyclic) bond motifs is 1. The zero-order valence-electron chi connectivity index (χ0n) is 15.6. The van der Waals surface area contributed by atoms with Gasteiger partial charge in [0.1, 0.15) is 16.9 Å². The third-order valence-corrected chi connectivity index (χ3v) is 4.91. The third kappa shape index (κ3) is 3.62. The molecule has 0 radical (unpaired) electrons. The Kier molecular flexibility index (Phi) is 4.53. The van der Waals surface area contributed by atoms with E-state index in [1.807, 2.05) is 12.1 Å². The smallest absolute Gasteiger partial charge is 0.162 e. The summed E-state index contributed by atoms with van der Waals surface area (Å²) in [6.07, 6.45) is 1.65. The van der Waals surface area contributed by atoms with Gasteiger partial charge in [-0.1, -0.05) is 0 Å². The van der Waals surface area contributed by atoms with Crippen molar-refractivity contribution < 1.29 is 9.13 Å². The van der Waals surface area contributed by atoms with Crippen molar-refractivity contribution in [1.82, 2.24) is 20.2 Å². The van der Waals surface area contributed by atoms with Crippen molar-refractivity contribution in [3.05, 3.63) is 60.5 Å². The van der Waals surface area contributed by atoms with Crippen molar-refractivity contribution in [1.29, 1.82) is 0 Å². The van der Waals surface area contributed by atoms with Crippen LogP contribution >= 0.6 is 0 Å². The first kappa shape index (κ1) is 17.6. The van der Waals surface area contributed by atoms with E-state index in [0.717, 1.165) is 37.6 Å². The summed E-state index contributed by atoms with van der Waals surface area (Å²) in [5, 5.41) is 10.4. The van der Waals surface area contributed by atoms with Crippen LogP contribution in [0.25, 0.3) is 22.4 Å². The molecule has 0 amide bonds. The Balaban J connectivity index is 1.45. The summed E-state index contributed by atoms with van der Waals surface area (Å²) >= 11 is 0. The molecule has 0 saturated carbocycles. The lowest BCUT2D eigenvalue weighted by Gasteiger charge is -2.28. The van der Waals surface area contributed by atoms with Gasteiger partial charge in [0, 0.05) is 30.0 Å². The Hall–Kier alpha value is -3.52. The fourth-order valence-corrected chi connectivity index (χ4v) is 3.37. The number of halogens is 1. The number of hydrogen-bond acceptors (Lipinski definition) is 6. The summed E-state index contributed by atoms with van der Waals surface area (Å²) in [5.74, 6) is 0.828. The number of anilines is 3. The summed E-state index contributed by atoms with van der Waals surface area (Å²) in [6.45, 7) is 3.30. The molecule has 1 saturated heterocycles. The van der Waals surface area contributed by atoms with Crippen LogP contribution in [0.3, 0.4) is 0 Å². The first-order chi connectivity index (χ1) is 14.3. The maximum Gasteiger partial charge on any atom is 0.162 e. The molecule has 0 bridgehead atoms. The molecule has 1 fully saturated rings. The molecule has 3 heterocycles. The molecule has 2 aromatic heterocycles. The molecular formula is C21H19FN6O. The van der Waals surface area contributed by atoms with Crippen LogP contribution in [0.5, 0.6) is 0 Å². The van der Waals surface area contributed by atoms with E-state index in [2.05, 4.69) is 42.5 Å². The number of rotatable bonds is 4. The zero-order valence-corrected chi connectivity index (χ0v) is 15.6. The molecule has 8 heteroatoms. The van der Waals surface area contributed by atoms with Gasteiger partial charge in [0.2, 0.25) is 0 Å². The first-order valence-electron chi connectivity index (χ1n) is 9.43. The molecule has 2 aromatic carbocycles. The highest BCUT2D eigenvalue weighted by Gasteiger charge is 2.13. The minimum Gasteiger partial charge on any atom is -0.378 e. The second-order valence-corrected chi connectivity index (χ2v) is 6.80. The van der Waals surface area contributed by atoms with Crippen LogP contribution in [0, 0.1) is 5.82 Å². The highest BCUT2D eigenvalue weighted by molar-refractivity contribution is 5.88. The van der Waals surface area contributed by atoms with Crippen molar-refractivity contribution in [2.24, 2.45) is 0 Å². The summed E-state index contributed by atoms with van der Waals surface area (Å²) < 4.78 is 18.7. The van der Waals surface area contributed by atoms with Crippen molar-refractivity contribution in [3.63, 3.8) is 0 Å². The Bertz CT molecular complexity index is 1120. The number of nitrogens with one attached hydrogen (secondary N) is 2. The second kappa shape index (κ2) is 7.48. The van der Waals surface area contributed by atoms with Crippen LogP contribution in [0.15, 0.2) is 54.7 Å². The first-order valence-corrected chi connectivity index (χ1v) is 9.43. The molecular weight excluding hydrogens is 371 g/mol. The number of hydrogen-bond donors (Lipinski definition) is 2. The number of aromatic nitrogens is 4. The van der Waals surface area contributed by atoms with E-state index < -0.39 is 0 Å². The van der Waals surface area contributed by atoms with Crippen molar-refractivity contribution >= 4 is 28.2 Å². The SMILES string of the molecule is Fc1ccc(-c2nc(Nc3ccc(N4CCOCC4)cc3)c3[nH]ncc3n2)cc1. The number of H-pyrrole nitrogens is 1. The highest BCUT2D eigenvalue weighted by Crippen LogP contribution is 2.27. The average Bonchev–Trinajstić information content (AvgIpc) is 3.24. The maximum atomic E-state index is 13.3. The Morgan fingerprint density at radius 1 is 0.966 bits per heavy atom. The topological polar surface area (TPSA) is 79.0 Å². The summed E-state index contributed by atoms with van der Waals surface area (Å²) in [4.78, 5) is 11.5. The molecule has 5 rings (SSSR count). The van der Waals surface area contributed by atoms with Gasteiger partial charge in [-0.15, -0.1) is 0 Å². The molecule has 7 nitrogen and oxygen atoms in total. The molecule has 2 N–H and O–H groups in total. The Morgan fingerprint density at radius 2 is 1.72 bits per heavy atom. The minimum absolute atomic E-state index is 0.295. The Morgan fingerprint density at radius 3 is 2.48 bits per heavy atom. The van der Waals surface area contributed by atoms with Crippen LogP contribution in [-0.2, 0) is 4.74 Å². The van der Waals surface area contributed by atoms with Crippen molar-refractivity contribution in [2.75, 3.05) is 36.5 Å². The molecule has 4 aromatic rings. The Labute approximate surface area is 166 Å². The van der Waals surface area contributed by atoms with Gasteiger partial charge in [0.25, 0.3) is 0 Å². The van der Waals surface area contributed by atoms with Gasteiger partial charge < -0.3 is 15.0 Å². The van der Waals surface area contributed by atoms with E-state index in [-0.39, 0.29) is 5.82 Å². The van der Waals surface area contributed by atoms with E-state index in [1.54, 1.807) is 18.3 Å². The second-order valence-electron chi connectivity index (χ2n) is 6.80. The molecule has 29 heavy (non-hydrogen) atoms. The summed E-state index contributed by atoms with van der Waals surface area (Å²) in [6, 6.07) is 14.3. The number of benzene rings is 2. The van der Waals surface area contributed by atoms with Gasteiger partial charge >= 0.3 is 0 Å². The van der Waals surface area contributed by atoms with Crippen molar-refractivity contribution in [2.45, 2.75) is 0 Å². The van der Waals surface area contributed by atoms with E-state index in [1.165, 1.54) is 17.8 Å². The van der Waals surface area contributed by atoms with Gasteiger partial charge in [-0.2, -0.15) is 5.10 Å². The van der Waals surface area contributed by atoms with E-state index in [0.29, 0.717) is 22.7 Å². The predicted molar refractivity (Wildman–Crippen MR) is 110 cm³/mol. The highest BCUT2D eigenvalue weighted by atomic mass is 19.1. The largest absolute Gasteiger partial charge is 0.378 e. The number of aromatic amines is 1. The van der Waals surface area contributed by atoms with Crippen molar-refractivity contribution in [3.8, 4) is 11.4 Å². The average molecular weight is 390 g/mol. The van der Waals surface area contributed by atoms with Gasteiger partial charge in [0.05, 0.1) is 19.4 Å². The molecule has 0 unspecified atom stereocenters. The third-order valence-electron chi connectivity index (χ3n) is 4.91. The van der Waals surface area contributed by atoms with Gasteiger partial charge in [0.15, 0.2) is 11.6 Å². The molecule has 146 valence electrons. The van der Waals surface area contributed by atoms with Crippen LogP contribution in [0.1, 0.15) is 0 Å². The van der Waals surface area contributed by atoms with Crippen LogP contribution in [0.4, 0.5) is 21.6 Å². The monoisotopic (exact) mass is 390 g/mol. The number of ether oxygens (including phenoxy) is 1. The quantitative estimate of drug-likeness (QED) is 0.553. The molecule has 1 aliphatic heterocycles. The van der Waals surface area contributed by atoms with Crippen LogP contribution < -0.4 is 10.2 Å². The standard InChI is InChI=1S/C21H19FN6O/c22-15-3-1-14(2-4-15)20-25-18-13-23-27-19(18)21(26-20)24-16-5-7-17(8-6-16)28-9-11-29-12-10-28/h1-8,13H,9-12H2,(H,23,27)(H,24,25,26). The normalized spacial score (nSPS) is 14.3. The van der Waals surface area contributed by atoms with E-state index >= 15 is 0 Å². The lowest BCUT2D eigenvalue weighted by Crippen LogP contribution is -2.36. The van der Waals surface area contributed by atoms with Crippen LogP contribution in [0.2, 0.25) is 0 Å². The molecule has 1 aliphatic rings. The fourth-order valence-electron chi connectivity index (χ4n) is 3.37. The van der Waals surface area contributed by atoms with Gasteiger partial charge in [-0.05, 0) is 48.5 Å². The number of morpholine rings is 1. The van der Waals surface area contributed by atoms with Gasteiger partial charge in [-0.3, -0.25) is 5.10 Å². The summed E-state index contributed by atoms with van der Waals surface area (Å²) in [7, 11) is 0. The molecule has 0 spiro atoms. The number of nitrogens with zero attached hydrogens (tertiary/aromatic N) is 4. The van der Waals surface area contributed by atoms with E-state index in [4.69, 9.17) is 4.74 Å². The lowest BCUT2D eigenvalue weighted by molar-refractivity contribution is 0.122. The van der Waals surface area contributed by atoms with Gasteiger partial charge in [-0.25, -0.2) is 14.4 Å². The molecule has 0 aliphatic carbocycles. The predicted octanol–water partition coefficient (Wildman–Crippen LogP) is 3.74. The summed E-state index contributed by atoms with van der Waals surface area (Å²) in [5.41, 5.74) is 4.21. The van der Waals surface area contributed by atoms with Crippen LogP contribution in [-0.4, -0.2) is 46.5 Å².